The molecule has 0 aliphatic carbocycles. The van der Waals surface area contributed by atoms with Gasteiger partial charge in [0.25, 0.3) is 0 Å². The summed E-state index contributed by atoms with van der Waals surface area (Å²) in [5.74, 6) is -1.36. The van der Waals surface area contributed by atoms with E-state index in [9.17, 15) is 19.2 Å². The summed E-state index contributed by atoms with van der Waals surface area (Å²) in [7, 11) is 0. The van der Waals surface area contributed by atoms with Gasteiger partial charge in [-0.15, -0.1) is 0 Å². The van der Waals surface area contributed by atoms with Crippen molar-refractivity contribution >= 4 is 23.6 Å². The van der Waals surface area contributed by atoms with Gasteiger partial charge in [0.1, 0.15) is 0 Å². The van der Waals surface area contributed by atoms with Gasteiger partial charge >= 0.3 is 0 Å². The summed E-state index contributed by atoms with van der Waals surface area (Å²) in [6.07, 6.45) is 6.58. The standard InChI is InChI=1S/C25H48N4O8/c26-21(30)9-1-5-13-34-17-25(18-35-14-6-2-10-22(27)31,19-36-15-7-3-11-23(28)32)20-37-16-8-4-12-24(29)33/h1-20H2,(H2,26,30)(H2,27,31)(H2,28,32)(H2,29,33). The van der Waals surface area contributed by atoms with Gasteiger partial charge in [-0.25, -0.2) is 0 Å². The number of ether oxygens (including phenoxy) is 4. The van der Waals surface area contributed by atoms with Crippen LogP contribution in [0.15, 0.2) is 0 Å². The Kier molecular flexibility index (Phi) is 21.5. The van der Waals surface area contributed by atoms with Gasteiger partial charge in [0, 0.05) is 52.1 Å². The number of amides is 4. The fraction of sp³-hybridized carbons (Fsp3) is 0.840. The van der Waals surface area contributed by atoms with Gasteiger partial charge in [0.15, 0.2) is 0 Å². The fourth-order valence-corrected chi connectivity index (χ4v) is 3.42. The smallest absolute Gasteiger partial charge is 0.217 e. The van der Waals surface area contributed by atoms with E-state index in [0.29, 0.717) is 130 Å². The number of unbranched alkanes of at least 4 members (excludes halogenated alkanes) is 4. The minimum atomic E-state index is -0.596. The Morgan fingerprint density at radius 1 is 0.405 bits per heavy atom. The topological polar surface area (TPSA) is 209 Å². The van der Waals surface area contributed by atoms with Crippen LogP contribution in [-0.4, -0.2) is 76.5 Å². The molecule has 0 aromatic rings. The average molecular weight is 533 g/mol. The first-order valence-electron chi connectivity index (χ1n) is 13.1. The van der Waals surface area contributed by atoms with Crippen LogP contribution in [0.2, 0.25) is 0 Å². The van der Waals surface area contributed by atoms with Crippen LogP contribution < -0.4 is 22.9 Å². The van der Waals surface area contributed by atoms with Crippen LogP contribution in [0.25, 0.3) is 0 Å². The Labute approximate surface area is 220 Å². The minimum absolute atomic E-state index is 0.311. The highest BCUT2D eigenvalue weighted by atomic mass is 16.5. The lowest BCUT2D eigenvalue weighted by Crippen LogP contribution is -2.42. The summed E-state index contributed by atoms with van der Waals surface area (Å²) in [5.41, 5.74) is 20.2. The maximum atomic E-state index is 10.9. The third-order valence-electron chi connectivity index (χ3n) is 5.48. The predicted octanol–water partition coefficient (Wildman–Crippen LogP) is 0.662. The van der Waals surface area contributed by atoms with Gasteiger partial charge in [-0.1, -0.05) is 0 Å². The summed E-state index contributed by atoms with van der Waals surface area (Å²) in [6, 6.07) is 0. The van der Waals surface area contributed by atoms with E-state index in [1.807, 2.05) is 0 Å². The molecule has 0 spiro atoms. The van der Waals surface area contributed by atoms with E-state index in [1.165, 1.54) is 0 Å². The molecular weight excluding hydrogens is 484 g/mol. The highest BCUT2D eigenvalue weighted by molar-refractivity contribution is 5.74. The zero-order valence-corrected chi connectivity index (χ0v) is 22.2. The van der Waals surface area contributed by atoms with Gasteiger partial charge in [-0.3, -0.25) is 19.2 Å². The van der Waals surface area contributed by atoms with E-state index < -0.39 is 5.41 Å². The van der Waals surface area contributed by atoms with Crippen molar-refractivity contribution in [2.24, 2.45) is 28.3 Å². The first kappa shape index (κ1) is 34.7. The third-order valence-corrected chi connectivity index (χ3v) is 5.48. The fourth-order valence-electron chi connectivity index (χ4n) is 3.42. The molecule has 0 bridgehead atoms. The van der Waals surface area contributed by atoms with Crippen LogP contribution >= 0.6 is 0 Å². The molecule has 12 heteroatoms. The van der Waals surface area contributed by atoms with Crippen molar-refractivity contribution in [2.75, 3.05) is 52.9 Å². The van der Waals surface area contributed by atoms with Crippen LogP contribution in [-0.2, 0) is 38.1 Å². The molecule has 37 heavy (non-hydrogen) atoms. The molecule has 0 aliphatic heterocycles. The molecule has 0 radical (unpaired) electrons. The molecule has 0 rings (SSSR count). The van der Waals surface area contributed by atoms with Crippen molar-refractivity contribution in [3.63, 3.8) is 0 Å². The van der Waals surface area contributed by atoms with Crippen LogP contribution in [0, 0.1) is 5.41 Å². The molecule has 0 fully saturated rings. The summed E-state index contributed by atoms with van der Waals surface area (Å²) in [4.78, 5) is 43.8. The minimum Gasteiger partial charge on any atom is -0.381 e. The first-order chi connectivity index (χ1) is 17.7. The number of carbonyl (C=O) groups is 4. The van der Waals surface area contributed by atoms with Gasteiger partial charge in [0.05, 0.1) is 31.8 Å². The Morgan fingerprint density at radius 2 is 0.622 bits per heavy atom. The quantitative estimate of drug-likeness (QED) is 0.105. The number of rotatable bonds is 28. The molecule has 4 amide bonds. The predicted molar refractivity (Wildman–Crippen MR) is 138 cm³/mol. The third kappa shape index (κ3) is 23.8. The Balaban J connectivity index is 4.94. The molecule has 0 saturated carbocycles. The zero-order chi connectivity index (χ0) is 27.8. The van der Waals surface area contributed by atoms with Crippen LogP contribution in [0.3, 0.4) is 0 Å². The van der Waals surface area contributed by atoms with Crippen molar-refractivity contribution < 1.29 is 38.1 Å². The first-order valence-corrected chi connectivity index (χ1v) is 13.1. The van der Waals surface area contributed by atoms with Crippen molar-refractivity contribution in [1.82, 2.24) is 0 Å². The van der Waals surface area contributed by atoms with E-state index in [1.54, 1.807) is 0 Å². The molecule has 0 heterocycles. The number of primary amides is 4. The molecular formula is C25H48N4O8. The SMILES string of the molecule is NC(=O)CCCCOCC(COCCCCC(N)=O)(COCCCCC(N)=O)COCCCCC(N)=O. The summed E-state index contributed by atoms with van der Waals surface area (Å²) in [6.45, 7) is 3.05. The Morgan fingerprint density at radius 3 is 0.811 bits per heavy atom. The van der Waals surface area contributed by atoms with Crippen LogP contribution in [0.5, 0.6) is 0 Å². The second kappa shape index (κ2) is 22.9. The Hall–Kier alpha value is -2.28. The molecule has 0 aliphatic rings. The van der Waals surface area contributed by atoms with Crippen molar-refractivity contribution in [3.8, 4) is 0 Å². The lowest BCUT2D eigenvalue weighted by atomic mass is 9.92. The van der Waals surface area contributed by atoms with Crippen molar-refractivity contribution in [1.29, 1.82) is 0 Å². The maximum absolute atomic E-state index is 10.9. The van der Waals surface area contributed by atoms with E-state index in [0.717, 1.165) is 0 Å². The van der Waals surface area contributed by atoms with Gasteiger partial charge < -0.3 is 41.9 Å². The molecule has 8 N–H and O–H groups in total. The number of hydrogen-bond acceptors (Lipinski definition) is 8. The van der Waals surface area contributed by atoms with Crippen LogP contribution in [0.1, 0.15) is 77.0 Å². The normalized spacial score (nSPS) is 11.5. The second-order valence-electron chi connectivity index (χ2n) is 9.40. The van der Waals surface area contributed by atoms with E-state index in [2.05, 4.69) is 0 Å². The lowest BCUT2D eigenvalue weighted by molar-refractivity contribution is -0.119. The summed E-state index contributed by atoms with van der Waals surface area (Å²) >= 11 is 0. The second-order valence-corrected chi connectivity index (χ2v) is 9.40. The number of nitrogens with two attached hydrogens (primary N) is 4. The van der Waals surface area contributed by atoms with Gasteiger partial charge in [-0.2, -0.15) is 0 Å². The molecule has 0 unspecified atom stereocenters. The van der Waals surface area contributed by atoms with Gasteiger partial charge in [0.2, 0.25) is 23.6 Å². The zero-order valence-electron chi connectivity index (χ0n) is 22.2. The number of carbonyl (C=O) groups excluding carboxylic acids is 4. The van der Waals surface area contributed by atoms with Crippen LogP contribution in [0.4, 0.5) is 0 Å². The molecule has 216 valence electrons. The van der Waals surface area contributed by atoms with Crippen molar-refractivity contribution in [3.05, 3.63) is 0 Å². The van der Waals surface area contributed by atoms with Gasteiger partial charge in [-0.05, 0) is 51.4 Å². The maximum Gasteiger partial charge on any atom is 0.217 e. The molecule has 0 aromatic heterocycles. The summed E-state index contributed by atoms with van der Waals surface area (Å²) in [5, 5.41) is 0. The molecule has 0 atom stereocenters. The number of hydrogen-bond donors (Lipinski definition) is 4. The average Bonchev–Trinajstić information content (AvgIpc) is 2.82. The van der Waals surface area contributed by atoms with E-state index in [4.69, 9.17) is 41.9 Å². The molecule has 0 aromatic carbocycles. The van der Waals surface area contributed by atoms with E-state index >= 15 is 0 Å². The monoisotopic (exact) mass is 532 g/mol. The largest absolute Gasteiger partial charge is 0.381 e. The molecule has 12 nitrogen and oxygen atoms in total. The van der Waals surface area contributed by atoms with Crippen molar-refractivity contribution in [2.45, 2.75) is 77.0 Å². The highest BCUT2D eigenvalue weighted by Gasteiger charge is 2.32. The lowest BCUT2D eigenvalue weighted by Gasteiger charge is -2.33. The summed E-state index contributed by atoms with van der Waals surface area (Å²) < 4.78 is 23.7. The molecule has 0 saturated heterocycles. The van der Waals surface area contributed by atoms with E-state index in [-0.39, 0.29) is 23.6 Å². The highest BCUT2D eigenvalue weighted by Crippen LogP contribution is 2.22. The Bertz CT molecular complexity index is 539.